The first-order chi connectivity index (χ1) is 9.78. The number of hydrogen-bond donors (Lipinski definition) is 2. The first-order valence-corrected chi connectivity index (χ1v) is 7.33. The maximum atomic E-state index is 13.2. The minimum absolute atomic E-state index is 0.0171. The van der Waals surface area contributed by atoms with E-state index in [0.29, 0.717) is 12.3 Å². The van der Waals surface area contributed by atoms with E-state index < -0.39 is 16.8 Å². The minimum atomic E-state index is -0.991. The average Bonchev–Trinajstić information content (AvgIpc) is 2.90. The van der Waals surface area contributed by atoms with E-state index in [2.05, 4.69) is 5.32 Å². The van der Waals surface area contributed by atoms with Crippen LogP contribution in [-0.4, -0.2) is 24.2 Å². The fourth-order valence-corrected chi connectivity index (χ4v) is 3.83. The van der Waals surface area contributed by atoms with Gasteiger partial charge in [0.05, 0.1) is 11.1 Å². The van der Waals surface area contributed by atoms with Gasteiger partial charge >= 0.3 is 0 Å². The molecule has 114 valence electrons. The van der Waals surface area contributed by atoms with Gasteiger partial charge in [-0.25, -0.2) is 4.39 Å². The van der Waals surface area contributed by atoms with E-state index in [0.717, 1.165) is 6.42 Å². The van der Waals surface area contributed by atoms with E-state index in [-0.39, 0.29) is 23.0 Å². The van der Waals surface area contributed by atoms with Crippen LogP contribution in [0.15, 0.2) is 18.2 Å². The SMILES string of the molecule is CC1(C)C2OCCC2C1(N)C(=O)Nc1ccc(F)c(Cl)c1. The summed E-state index contributed by atoms with van der Waals surface area (Å²) in [4.78, 5) is 12.6. The van der Waals surface area contributed by atoms with Crippen LogP contribution in [0.4, 0.5) is 10.1 Å². The van der Waals surface area contributed by atoms with Crippen molar-refractivity contribution in [2.45, 2.75) is 31.9 Å². The largest absolute Gasteiger partial charge is 0.377 e. The third-order valence-corrected chi connectivity index (χ3v) is 5.30. The van der Waals surface area contributed by atoms with Crippen molar-refractivity contribution in [1.82, 2.24) is 0 Å². The summed E-state index contributed by atoms with van der Waals surface area (Å²) in [6.45, 7) is 4.51. The molecular weight excluding hydrogens is 295 g/mol. The molecule has 0 bridgehead atoms. The molecule has 1 aliphatic carbocycles. The quantitative estimate of drug-likeness (QED) is 0.882. The van der Waals surface area contributed by atoms with E-state index in [9.17, 15) is 9.18 Å². The summed E-state index contributed by atoms with van der Waals surface area (Å²) >= 11 is 5.73. The van der Waals surface area contributed by atoms with Gasteiger partial charge < -0.3 is 15.8 Å². The summed E-state index contributed by atoms with van der Waals surface area (Å²) < 4.78 is 18.8. The molecule has 4 nitrogen and oxygen atoms in total. The fourth-order valence-electron chi connectivity index (χ4n) is 3.65. The molecule has 21 heavy (non-hydrogen) atoms. The van der Waals surface area contributed by atoms with Crippen molar-refractivity contribution < 1.29 is 13.9 Å². The van der Waals surface area contributed by atoms with Crippen molar-refractivity contribution >= 4 is 23.2 Å². The van der Waals surface area contributed by atoms with Crippen LogP contribution in [0.2, 0.25) is 5.02 Å². The first kappa shape index (κ1) is 14.8. The molecule has 1 aromatic carbocycles. The Labute approximate surface area is 127 Å². The molecule has 1 amide bonds. The lowest BCUT2D eigenvalue weighted by atomic mass is 9.48. The predicted molar refractivity (Wildman–Crippen MR) is 78.6 cm³/mol. The second-order valence-electron chi connectivity index (χ2n) is 6.36. The Morgan fingerprint density at radius 1 is 1.52 bits per heavy atom. The number of fused-ring (bicyclic) bond motifs is 1. The van der Waals surface area contributed by atoms with Crippen LogP contribution in [0.25, 0.3) is 0 Å². The predicted octanol–water partition coefficient (Wildman–Crippen LogP) is 2.56. The van der Waals surface area contributed by atoms with Gasteiger partial charge in [0.25, 0.3) is 0 Å². The van der Waals surface area contributed by atoms with Crippen LogP contribution >= 0.6 is 11.6 Å². The molecule has 1 saturated carbocycles. The van der Waals surface area contributed by atoms with Gasteiger partial charge in [-0.15, -0.1) is 0 Å². The maximum Gasteiger partial charge on any atom is 0.245 e. The van der Waals surface area contributed by atoms with E-state index in [1.165, 1.54) is 18.2 Å². The zero-order chi connectivity index (χ0) is 15.4. The number of hydrogen-bond acceptors (Lipinski definition) is 3. The molecule has 3 N–H and O–H groups in total. The van der Waals surface area contributed by atoms with Crippen LogP contribution in [0.5, 0.6) is 0 Å². The summed E-state index contributed by atoms with van der Waals surface area (Å²) in [6, 6.07) is 4.07. The number of carbonyl (C=O) groups excluding carboxylic acids is 1. The zero-order valence-electron chi connectivity index (χ0n) is 12.0. The molecule has 1 aliphatic heterocycles. The van der Waals surface area contributed by atoms with E-state index in [4.69, 9.17) is 22.1 Å². The number of nitrogens with two attached hydrogens (primary N) is 1. The first-order valence-electron chi connectivity index (χ1n) is 6.95. The number of ether oxygens (including phenoxy) is 1. The number of amides is 1. The molecule has 0 spiro atoms. The molecule has 1 saturated heterocycles. The topological polar surface area (TPSA) is 64.3 Å². The number of rotatable bonds is 2. The normalized spacial score (nSPS) is 33.2. The van der Waals surface area contributed by atoms with Crippen LogP contribution in [0, 0.1) is 17.2 Å². The molecule has 0 aromatic heterocycles. The third kappa shape index (κ3) is 1.91. The monoisotopic (exact) mass is 312 g/mol. The Bertz CT molecular complexity index is 607. The summed E-state index contributed by atoms with van der Waals surface area (Å²) in [5.41, 5.74) is 5.43. The van der Waals surface area contributed by atoms with Gasteiger partial charge in [0.15, 0.2) is 0 Å². The molecule has 6 heteroatoms. The van der Waals surface area contributed by atoms with Crippen LogP contribution in [0.1, 0.15) is 20.3 Å². The van der Waals surface area contributed by atoms with Gasteiger partial charge in [-0.05, 0) is 24.6 Å². The molecular formula is C15H18ClFN2O2. The van der Waals surface area contributed by atoms with Gasteiger partial charge in [-0.2, -0.15) is 0 Å². The maximum absolute atomic E-state index is 13.2. The average molecular weight is 313 g/mol. The lowest BCUT2D eigenvalue weighted by molar-refractivity contribution is -0.170. The second kappa shape index (κ2) is 4.66. The number of anilines is 1. The van der Waals surface area contributed by atoms with Crippen LogP contribution in [0.3, 0.4) is 0 Å². The highest BCUT2D eigenvalue weighted by atomic mass is 35.5. The van der Waals surface area contributed by atoms with Crippen molar-refractivity contribution in [3.63, 3.8) is 0 Å². The fraction of sp³-hybridized carbons (Fsp3) is 0.533. The molecule has 1 aromatic rings. The van der Waals surface area contributed by atoms with Crippen molar-refractivity contribution in [1.29, 1.82) is 0 Å². The minimum Gasteiger partial charge on any atom is -0.377 e. The van der Waals surface area contributed by atoms with Crippen molar-refractivity contribution in [2.24, 2.45) is 17.1 Å². The number of carbonyl (C=O) groups is 1. The summed E-state index contributed by atoms with van der Waals surface area (Å²) in [6.07, 6.45) is 0.799. The second-order valence-corrected chi connectivity index (χ2v) is 6.77. The van der Waals surface area contributed by atoms with Crippen molar-refractivity contribution in [3.05, 3.63) is 29.0 Å². The molecule has 2 aliphatic rings. The van der Waals surface area contributed by atoms with E-state index >= 15 is 0 Å². The highest BCUT2D eigenvalue weighted by molar-refractivity contribution is 6.31. The third-order valence-electron chi connectivity index (χ3n) is 5.01. The summed E-state index contributed by atoms with van der Waals surface area (Å²) in [5.74, 6) is -0.782. The summed E-state index contributed by atoms with van der Waals surface area (Å²) in [5, 5.41) is 2.72. The van der Waals surface area contributed by atoms with Gasteiger partial charge in [0, 0.05) is 23.6 Å². The Morgan fingerprint density at radius 2 is 2.24 bits per heavy atom. The lowest BCUT2D eigenvalue weighted by Crippen LogP contribution is -2.79. The smallest absolute Gasteiger partial charge is 0.245 e. The number of benzene rings is 1. The van der Waals surface area contributed by atoms with Crippen LogP contribution in [-0.2, 0) is 9.53 Å². The highest BCUT2D eigenvalue weighted by Gasteiger charge is 2.71. The molecule has 2 fully saturated rings. The molecule has 1 heterocycles. The highest BCUT2D eigenvalue weighted by Crippen LogP contribution is 2.58. The van der Waals surface area contributed by atoms with Gasteiger partial charge in [0.2, 0.25) is 5.91 Å². The Morgan fingerprint density at radius 3 is 2.90 bits per heavy atom. The number of nitrogens with one attached hydrogen (secondary N) is 1. The summed E-state index contributed by atoms with van der Waals surface area (Å²) in [7, 11) is 0. The van der Waals surface area contributed by atoms with Crippen molar-refractivity contribution in [3.8, 4) is 0 Å². The Balaban J connectivity index is 1.83. The number of halogens is 2. The van der Waals surface area contributed by atoms with Crippen LogP contribution < -0.4 is 11.1 Å². The van der Waals surface area contributed by atoms with Gasteiger partial charge in [0.1, 0.15) is 11.4 Å². The van der Waals surface area contributed by atoms with Crippen molar-refractivity contribution in [2.75, 3.05) is 11.9 Å². The molecule has 3 unspecified atom stereocenters. The lowest BCUT2D eigenvalue weighted by Gasteiger charge is -2.60. The van der Waals surface area contributed by atoms with E-state index in [1.54, 1.807) is 0 Å². The Kier molecular flexibility index (Phi) is 3.28. The molecule has 3 rings (SSSR count). The van der Waals surface area contributed by atoms with E-state index in [1.807, 2.05) is 13.8 Å². The Hall–Kier alpha value is -1.17. The van der Waals surface area contributed by atoms with Gasteiger partial charge in [-0.3, -0.25) is 4.79 Å². The standard InChI is InChI=1S/C15H18ClFN2O2/c1-14(2)12-9(5-6-21-12)15(14,18)13(20)19-8-3-4-11(17)10(16)7-8/h3-4,7,9,12H,5-6,18H2,1-2H3,(H,19,20). The van der Waals surface area contributed by atoms with Gasteiger partial charge in [-0.1, -0.05) is 25.4 Å². The zero-order valence-corrected chi connectivity index (χ0v) is 12.7. The molecule has 0 radical (unpaired) electrons. The molecule has 3 atom stereocenters.